The molecule has 0 atom stereocenters. The molecule has 21 heavy (non-hydrogen) atoms. The molecule has 0 saturated heterocycles. The molecule has 7 heteroatoms. The summed E-state index contributed by atoms with van der Waals surface area (Å²) in [6.45, 7) is 2.36. The van der Waals surface area contributed by atoms with Crippen LogP contribution in [0.25, 0.3) is 0 Å². The van der Waals surface area contributed by atoms with Crippen LogP contribution in [0.15, 0.2) is 52.3 Å². The van der Waals surface area contributed by atoms with Crippen LogP contribution in [0.2, 0.25) is 0 Å². The Bertz CT molecular complexity index is 797. The lowest BCUT2D eigenvalue weighted by Crippen LogP contribution is -2.21. The van der Waals surface area contributed by atoms with E-state index >= 15 is 0 Å². The first kappa shape index (κ1) is 15.3. The van der Waals surface area contributed by atoms with Crippen molar-refractivity contribution < 1.29 is 13.2 Å². The van der Waals surface area contributed by atoms with Crippen molar-refractivity contribution in [3.8, 4) is 5.75 Å². The molecule has 1 aromatic heterocycles. The zero-order chi connectivity index (χ0) is 15.5. The molecular weight excluding hydrogens is 292 g/mol. The van der Waals surface area contributed by atoms with Crippen LogP contribution < -0.4 is 15.4 Å². The van der Waals surface area contributed by atoms with Gasteiger partial charge in [0.25, 0.3) is 5.56 Å². The average Bonchev–Trinajstić information content (AvgIpc) is 2.39. The van der Waals surface area contributed by atoms with E-state index in [-0.39, 0.29) is 10.5 Å². The molecule has 0 amide bonds. The molecule has 2 aromatic rings. The highest BCUT2D eigenvalue weighted by Gasteiger charge is 2.11. The number of aryl methyl sites for hydroxylation is 1. The van der Waals surface area contributed by atoms with Crippen LogP contribution in [0, 0.1) is 6.92 Å². The van der Waals surface area contributed by atoms with Gasteiger partial charge in [0.15, 0.2) is 0 Å². The Balaban J connectivity index is 2.03. The first-order valence-corrected chi connectivity index (χ1v) is 7.84. The number of ether oxygens (including phenoxy) is 1. The van der Waals surface area contributed by atoms with Crippen molar-refractivity contribution in [2.75, 3.05) is 6.61 Å². The number of benzene rings is 1. The zero-order valence-electron chi connectivity index (χ0n) is 11.5. The summed E-state index contributed by atoms with van der Waals surface area (Å²) >= 11 is 0. The Kier molecular flexibility index (Phi) is 4.44. The van der Waals surface area contributed by atoms with Crippen LogP contribution in [0.5, 0.6) is 5.75 Å². The van der Waals surface area contributed by atoms with Crippen molar-refractivity contribution in [1.29, 1.82) is 0 Å². The number of rotatable bonds is 5. The molecule has 0 fully saturated rings. The second kappa shape index (κ2) is 6.11. The summed E-state index contributed by atoms with van der Waals surface area (Å²) in [6, 6.07) is 9.48. The summed E-state index contributed by atoms with van der Waals surface area (Å²) in [7, 11) is -3.72. The molecule has 112 valence electrons. The SMILES string of the molecule is Cc1cc(OCCn2ccccc2=O)ccc1S(N)(=O)=O. The van der Waals surface area contributed by atoms with Gasteiger partial charge < -0.3 is 9.30 Å². The molecule has 0 aliphatic heterocycles. The van der Waals surface area contributed by atoms with Gasteiger partial charge in [-0.2, -0.15) is 0 Å². The topological polar surface area (TPSA) is 91.4 Å². The fourth-order valence-electron chi connectivity index (χ4n) is 1.94. The van der Waals surface area contributed by atoms with E-state index in [1.54, 1.807) is 37.4 Å². The van der Waals surface area contributed by atoms with Crippen LogP contribution in [0.3, 0.4) is 0 Å². The Morgan fingerprint density at radius 1 is 1.24 bits per heavy atom. The van der Waals surface area contributed by atoms with Crippen molar-refractivity contribution >= 4 is 10.0 Å². The monoisotopic (exact) mass is 308 g/mol. The van der Waals surface area contributed by atoms with Gasteiger partial charge >= 0.3 is 0 Å². The summed E-state index contributed by atoms with van der Waals surface area (Å²) in [5.74, 6) is 0.531. The number of nitrogens with two attached hydrogens (primary N) is 1. The summed E-state index contributed by atoms with van der Waals surface area (Å²) in [5.41, 5.74) is 0.425. The van der Waals surface area contributed by atoms with E-state index in [0.717, 1.165) is 0 Å². The third kappa shape index (κ3) is 3.93. The number of aromatic nitrogens is 1. The number of sulfonamides is 1. The minimum Gasteiger partial charge on any atom is -0.492 e. The van der Waals surface area contributed by atoms with Gasteiger partial charge in [0.2, 0.25) is 10.0 Å². The largest absolute Gasteiger partial charge is 0.492 e. The molecule has 0 saturated carbocycles. The lowest BCUT2D eigenvalue weighted by molar-refractivity contribution is 0.296. The van der Waals surface area contributed by atoms with Gasteiger partial charge in [0.05, 0.1) is 11.4 Å². The van der Waals surface area contributed by atoms with E-state index in [2.05, 4.69) is 0 Å². The molecule has 0 aliphatic carbocycles. The zero-order valence-corrected chi connectivity index (χ0v) is 12.3. The van der Waals surface area contributed by atoms with Crippen molar-refractivity contribution in [2.24, 2.45) is 5.14 Å². The fraction of sp³-hybridized carbons (Fsp3) is 0.214. The number of primary sulfonamides is 1. The maximum Gasteiger partial charge on any atom is 0.250 e. The van der Waals surface area contributed by atoms with E-state index in [1.807, 2.05) is 0 Å². The lowest BCUT2D eigenvalue weighted by atomic mass is 10.2. The van der Waals surface area contributed by atoms with E-state index in [9.17, 15) is 13.2 Å². The van der Waals surface area contributed by atoms with Crippen LogP contribution >= 0.6 is 0 Å². The fourth-order valence-corrected chi connectivity index (χ4v) is 2.70. The Hall–Kier alpha value is -2.12. The summed E-state index contributed by atoms with van der Waals surface area (Å²) in [5, 5.41) is 5.09. The average molecular weight is 308 g/mol. The van der Waals surface area contributed by atoms with Crippen LogP contribution in [0.1, 0.15) is 5.56 Å². The molecule has 6 nitrogen and oxygen atoms in total. The highest BCUT2D eigenvalue weighted by atomic mass is 32.2. The predicted octanol–water partition coefficient (Wildman–Crippen LogP) is 0.883. The third-order valence-electron chi connectivity index (χ3n) is 2.95. The summed E-state index contributed by atoms with van der Waals surface area (Å²) in [6.07, 6.45) is 1.68. The number of nitrogens with zero attached hydrogens (tertiary/aromatic N) is 1. The van der Waals surface area contributed by atoms with Crippen molar-refractivity contribution in [3.05, 3.63) is 58.5 Å². The lowest BCUT2D eigenvalue weighted by Gasteiger charge is -2.10. The standard InChI is InChI=1S/C14H16N2O4S/c1-11-10-12(5-6-13(11)21(15,18)19)20-9-8-16-7-3-2-4-14(16)17/h2-7,10H,8-9H2,1H3,(H2,15,18,19). The first-order valence-electron chi connectivity index (χ1n) is 6.29. The van der Waals surface area contributed by atoms with Gasteiger partial charge in [-0.15, -0.1) is 0 Å². The highest BCUT2D eigenvalue weighted by molar-refractivity contribution is 7.89. The van der Waals surface area contributed by atoms with Gasteiger partial charge in [0, 0.05) is 12.3 Å². The minimum atomic E-state index is -3.72. The van der Waals surface area contributed by atoms with Crippen LogP contribution in [-0.4, -0.2) is 19.6 Å². The summed E-state index contributed by atoms with van der Waals surface area (Å²) < 4.78 is 29.7. The van der Waals surface area contributed by atoms with Gasteiger partial charge in [-0.25, -0.2) is 13.6 Å². The molecule has 0 radical (unpaired) electrons. The van der Waals surface area contributed by atoms with Crippen LogP contribution in [-0.2, 0) is 16.6 Å². The number of hydrogen-bond acceptors (Lipinski definition) is 4. The molecule has 1 aromatic carbocycles. The normalized spacial score (nSPS) is 11.3. The second-order valence-electron chi connectivity index (χ2n) is 4.55. The maximum atomic E-state index is 11.5. The van der Waals surface area contributed by atoms with Gasteiger partial charge in [0.1, 0.15) is 12.4 Å². The first-order chi connectivity index (χ1) is 9.88. The Morgan fingerprint density at radius 2 is 2.00 bits per heavy atom. The smallest absolute Gasteiger partial charge is 0.250 e. The van der Waals surface area contributed by atoms with Crippen molar-refractivity contribution in [1.82, 2.24) is 4.57 Å². The predicted molar refractivity (Wildman–Crippen MR) is 78.7 cm³/mol. The molecule has 0 spiro atoms. The highest BCUT2D eigenvalue weighted by Crippen LogP contribution is 2.20. The van der Waals surface area contributed by atoms with Crippen molar-refractivity contribution in [2.45, 2.75) is 18.4 Å². The van der Waals surface area contributed by atoms with Crippen molar-refractivity contribution in [3.63, 3.8) is 0 Å². The summed E-state index contributed by atoms with van der Waals surface area (Å²) in [4.78, 5) is 11.6. The van der Waals surface area contributed by atoms with Gasteiger partial charge in [-0.1, -0.05) is 6.07 Å². The number of hydrogen-bond donors (Lipinski definition) is 1. The van der Waals surface area contributed by atoms with E-state index < -0.39 is 10.0 Å². The van der Waals surface area contributed by atoms with E-state index in [4.69, 9.17) is 9.88 Å². The van der Waals surface area contributed by atoms with E-state index in [1.165, 1.54) is 16.7 Å². The molecule has 2 rings (SSSR count). The Labute approximate surface area is 122 Å². The molecule has 2 N–H and O–H groups in total. The molecular formula is C14H16N2O4S. The maximum absolute atomic E-state index is 11.5. The Morgan fingerprint density at radius 3 is 2.62 bits per heavy atom. The quantitative estimate of drug-likeness (QED) is 0.887. The van der Waals surface area contributed by atoms with Gasteiger partial charge in [-0.3, -0.25) is 4.79 Å². The molecule has 0 aliphatic rings. The van der Waals surface area contributed by atoms with Crippen LogP contribution in [0.4, 0.5) is 0 Å². The second-order valence-corrected chi connectivity index (χ2v) is 6.08. The number of pyridine rings is 1. The van der Waals surface area contributed by atoms with E-state index in [0.29, 0.717) is 24.5 Å². The molecule has 1 heterocycles. The molecule has 0 bridgehead atoms. The van der Waals surface area contributed by atoms with Gasteiger partial charge in [-0.05, 0) is 36.8 Å². The molecule has 0 unspecified atom stereocenters. The minimum absolute atomic E-state index is 0.0779. The third-order valence-corrected chi connectivity index (χ3v) is 4.02.